The van der Waals surface area contributed by atoms with E-state index in [4.69, 9.17) is 0 Å². The maximum atomic E-state index is 9.26. The van der Waals surface area contributed by atoms with Crippen LogP contribution in [0.5, 0.6) is 0 Å². The summed E-state index contributed by atoms with van der Waals surface area (Å²) in [5, 5.41) is 9.26. The molecule has 1 aliphatic rings. The second-order valence-corrected chi connectivity index (χ2v) is 2.83. The normalized spacial score (nSPS) is 14.1. The van der Waals surface area contributed by atoms with Gasteiger partial charge in [-0.15, -0.1) is 0 Å². The van der Waals surface area contributed by atoms with Crippen molar-refractivity contribution in [3.05, 3.63) is 12.4 Å². The van der Waals surface area contributed by atoms with Gasteiger partial charge in [0.15, 0.2) is 0 Å². The number of aliphatic carboxylic acids is 1. The highest BCUT2D eigenvalue weighted by Gasteiger charge is 2.03. The van der Waals surface area contributed by atoms with Crippen LogP contribution in [0.3, 0.4) is 0 Å². The molecular weight excluding hydrogens is 168 g/mol. The molecule has 0 fully saturated rings. The first-order valence-electron chi connectivity index (χ1n) is 4.42. The summed E-state index contributed by atoms with van der Waals surface area (Å²) in [6.07, 6.45) is 4.31. The highest BCUT2D eigenvalue weighted by Crippen LogP contribution is 2.00. The van der Waals surface area contributed by atoms with Gasteiger partial charge < -0.3 is 19.7 Å². The van der Waals surface area contributed by atoms with E-state index in [-0.39, 0.29) is 6.42 Å². The third-order valence-corrected chi connectivity index (χ3v) is 1.63. The summed E-state index contributed by atoms with van der Waals surface area (Å²) < 4.78 is 0. The van der Waals surface area contributed by atoms with Crippen molar-refractivity contribution in [3.63, 3.8) is 0 Å². The molecule has 1 aliphatic heterocycles. The number of carbonyl (C=O) groups is 1. The zero-order valence-electron chi connectivity index (χ0n) is 8.49. The Kier molecular flexibility index (Phi) is 5.76. The lowest BCUT2D eigenvalue weighted by Gasteiger charge is -2.14. The largest absolute Gasteiger partial charge is 0.550 e. The van der Waals surface area contributed by atoms with Crippen LogP contribution in [0, 0.1) is 0 Å². The van der Waals surface area contributed by atoms with Crippen LogP contribution in [-0.4, -0.2) is 36.0 Å². The van der Waals surface area contributed by atoms with Gasteiger partial charge in [-0.2, -0.15) is 0 Å². The van der Waals surface area contributed by atoms with Crippen molar-refractivity contribution in [2.45, 2.75) is 20.3 Å². The number of nitrogens with zero attached hydrogens (tertiary/aromatic N) is 2. The van der Waals surface area contributed by atoms with Crippen molar-refractivity contribution in [1.82, 2.24) is 9.80 Å². The Balaban J connectivity index is 0.000000252. The van der Waals surface area contributed by atoms with Gasteiger partial charge in [0.05, 0.1) is 6.67 Å². The predicted octanol–water partition coefficient (Wildman–Crippen LogP) is -0.171. The third-order valence-electron chi connectivity index (χ3n) is 1.63. The van der Waals surface area contributed by atoms with Crippen LogP contribution in [0.4, 0.5) is 0 Å². The smallest absolute Gasteiger partial charge is 0.0890 e. The number of carbonyl (C=O) groups excluding carboxylic acids is 1. The molecule has 1 rings (SSSR count). The van der Waals surface area contributed by atoms with Crippen molar-refractivity contribution in [2.24, 2.45) is 0 Å². The second kappa shape index (κ2) is 6.34. The topological polar surface area (TPSA) is 46.6 Å². The van der Waals surface area contributed by atoms with E-state index >= 15 is 0 Å². The molecule has 0 radical (unpaired) electrons. The van der Waals surface area contributed by atoms with Crippen LogP contribution in [0.25, 0.3) is 0 Å². The fourth-order valence-electron chi connectivity index (χ4n) is 0.794. The van der Waals surface area contributed by atoms with E-state index in [2.05, 4.69) is 36.2 Å². The molecular formula is C9H17N2O2-. The van der Waals surface area contributed by atoms with Gasteiger partial charge in [-0.3, -0.25) is 0 Å². The molecule has 0 N–H and O–H groups in total. The average molecular weight is 185 g/mol. The van der Waals surface area contributed by atoms with Crippen LogP contribution < -0.4 is 5.11 Å². The molecule has 0 aromatic rings. The second-order valence-electron chi connectivity index (χ2n) is 2.83. The standard InChI is InChI=1S/C6H12N2.C3H6O2/c1-3-8-5-4-7(2)6-8;1-2-3(4)5/h4-5H,3,6H2,1-2H3;2H2,1H3,(H,4,5)/p-1. The summed E-state index contributed by atoms with van der Waals surface area (Å²) in [4.78, 5) is 13.7. The maximum Gasteiger partial charge on any atom is 0.0890 e. The molecule has 0 aromatic heterocycles. The van der Waals surface area contributed by atoms with Crippen LogP contribution in [0.1, 0.15) is 20.3 Å². The minimum Gasteiger partial charge on any atom is -0.550 e. The molecule has 0 bridgehead atoms. The summed E-state index contributed by atoms with van der Waals surface area (Å²) in [6.45, 7) is 5.86. The van der Waals surface area contributed by atoms with E-state index < -0.39 is 5.97 Å². The molecule has 0 spiro atoms. The highest BCUT2D eigenvalue weighted by atomic mass is 16.4. The Morgan fingerprint density at radius 3 is 2.15 bits per heavy atom. The third kappa shape index (κ3) is 6.02. The molecule has 4 heteroatoms. The van der Waals surface area contributed by atoms with Crippen molar-refractivity contribution in [3.8, 4) is 0 Å². The maximum absolute atomic E-state index is 9.26. The molecule has 1 heterocycles. The molecule has 0 saturated carbocycles. The van der Waals surface area contributed by atoms with Crippen LogP contribution in [0.2, 0.25) is 0 Å². The molecule has 76 valence electrons. The zero-order valence-corrected chi connectivity index (χ0v) is 8.49. The number of hydrogen-bond acceptors (Lipinski definition) is 4. The van der Waals surface area contributed by atoms with E-state index in [1.165, 1.54) is 6.92 Å². The van der Waals surface area contributed by atoms with Crippen LogP contribution in [0.15, 0.2) is 12.4 Å². The Bertz CT molecular complexity index is 180. The monoisotopic (exact) mass is 185 g/mol. The number of rotatable bonds is 2. The van der Waals surface area contributed by atoms with E-state index in [1.54, 1.807) is 0 Å². The first-order valence-corrected chi connectivity index (χ1v) is 4.42. The van der Waals surface area contributed by atoms with Gasteiger partial charge in [-0.05, 0) is 13.3 Å². The molecule has 4 nitrogen and oxygen atoms in total. The summed E-state index contributed by atoms with van der Waals surface area (Å²) in [5.41, 5.74) is 0. The molecule has 0 amide bonds. The first kappa shape index (κ1) is 11.8. The van der Waals surface area contributed by atoms with Crippen molar-refractivity contribution < 1.29 is 9.90 Å². The molecule has 0 aliphatic carbocycles. The fourth-order valence-corrected chi connectivity index (χ4v) is 0.794. The quantitative estimate of drug-likeness (QED) is 0.599. The Morgan fingerprint density at radius 2 is 2.00 bits per heavy atom. The van der Waals surface area contributed by atoms with E-state index in [0.717, 1.165) is 13.2 Å². The predicted molar refractivity (Wildman–Crippen MR) is 49.4 cm³/mol. The molecule has 0 unspecified atom stereocenters. The highest BCUT2D eigenvalue weighted by molar-refractivity contribution is 5.63. The van der Waals surface area contributed by atoms with Gasteiger partial charge in [0.25, 0.3) is 0 Å². The summed E-state index contributed by atoms with van der Waals surface area (Å²) >= 11 is 0. The first-order chi connectivity index (χ1) is 6.10. The molecule has 0 saturated heterocycles. The van der Waals surface area contributed by atoms with Gasteiger partial charge in [-0.25, -0.2) is 0 Å². The van der Waals surface area contributed by atoms with E-state index in [1.807, 2.05) is 0 Å². The average Bonchev–Trinajstić information content (AvgIpc) is 2.52. The Hall–Kier alpha value is -1.19. The lowest BCUT2D eigenvalue weighted by atomic mass is 10.5. The van der Waals surface area contributed by atoms with Gasteiger partial charge in [0.2, 0.25) is 0 Å². The lowest BCUT2D eigenvalue weighted by molar-refractivity contribution is -0.305. The minimum absolute atomic E-state index is 0.111. The van der Waals surface area contributed by atoms with Gasteiger partial charge in [-0.1, -0.05) is 6.92 Å². The molecule has 13 heavy (non-hydrogen) atoms. The van der Waals surface area contributed by atoms with Crippen LogP contribution >= 0.6 is 0 Å². The number of carboxylic acids is 1. The zero-order chi connectivity index (χ0) is 10.3. The van der Waals surface area contributed by atoms with Gasteiger partial charge >= 0.3 is 0 Å². The SMILES string of the molecule is CCC(=O)[O-].CCN1C=CN(C)C1. The van der Waals surface area contributed by atoms with Gasteiger partial charge in [0, 0.05) is 32.0 Å². The van der Waals surface area contributed by atoms with Crippen molar-refractivity contribution in [1.29, 1.82) is 0 Å². The molecule has 0 atom stereocenters. The minimum atomic E-state index is -0.995. The molecule has 0 aromatic carbocycles. The summed E-state index contributed by atoms with van der Waals surface area (Å²) in [5.74, 6) is -0.995. The van der Waals surface area contributed by atoms with E-state index in [9.17, 15) is 9.90 Å². The van der Waals surface area contributed by atoms with Crippen LogP contribution in [-0.2, 0) is 4.79 Å². The van der Waals surface area contributed by atoms with Gasteiger partial charge in [0.1, 0.15) is 0 Å². The Labute approximate surface area is 79.4 Å². The summed E-state index contributed by atoms with van der Waals surface area (Å²) in [6, 6.07) is 0. The van der Waals surface area contributed by atoms with Crippen molar-refractivity contribution >= 4 is 5.97 Å². The summed E-state index contributed by atoms with van der Waals surface area (Å²) in [7, 11) is 2.08. The van der Waals surface area contributed by atoms with E-state index in [0.29, 0.717) is 0 Å². The Morgan fingerprint density at radius 1 is 1.46 bits per heavy atom. The fraction of sp³-hybridized carbons (Fsp3) is 0.667. The lowest BCUT2D eigenvalue weighted by Crippen LogP contribution is -2.21. The number of hydrogen-bond donors (Lipinski definition) is 0. The van der Waals surface area contributed by atoms with Crippen molar-refractivity contribution in [2.75, 3.05) is 20.3 Å². The number of carboxylic acid groups (broad SMARTS) is 1.